The van der Waals surface area contributed by atoms with Gasteiger partial charge in [-0.25, -0.2) is 0 Å². The van der Waals surface area contributed by atoms with Crippen molar-refractivity contribution in [1.82, 2.24) is 0 Å². The summed E-state index contributed by atoms with van der Waals surface area (Å²) in [7, 11) is 0. The van der Waals surface area contributed by atoms with Crippen LogP contribution < -0.4 is 0 Å². The molecule has 134 valence electrons. The van der Waals surface area contributed by atoms with Gasteiger partial charge in [-0.15, -0.1) is 0 Å². The summed E-state index contributed by atoms with van der Waals surface area (Å²) in [5.74, 6) is -0.761. The summed E-state index contributed by atoms with van der Waals surface area (Å²) in [6.45, 7) is 7.25. The summed E-state index contributed by atoms with van der Waals surface area (Å²) in [6.07, 6.45) is 5.70. The molecule has 0 radical (unpaired) electrons. The molecule has 25 heavy (non-hydrogen) atoms. The van der Waals surface area contributed by atoms with Crippen LogP contribution in [0.5, 0.6) is 0 Å². The number of aliphatic hydroxyl groups is 1. The smallest absolute Gasteiger partial charge is 0.307 e. The summed E-state index contributed by atoms with van der Waals surface area (Å²) in [6, 6.07) is 10.4. The van der Waals surface area contributed by atoms with E-state index in [-0.39, 0.29) is 6.42 Å². The van der Waals surface area contributed by atoms with Gasteiger partial charge in [-0.05, 0) is 80.0 Å². The van der Waals surface area contributed by atoms with Crippen LogP contribution in [0.4, 0.5) is 0 Å². The van der Waals surface area contributed by atoms with Gasteiger partial charge in [0.1, 0.15) is 0 Å². The molecule has 0 atom stereocenters. The fraction of sp³-hybridized carbons (Fsp3) is 0.409. The highest BCUT2D eigenvalue weighted by Gasteiger charge is 2.18. The van der Waals surface area contributed by atoms with Gasteiger partial charge in [0.05, 0.1) is 12.0 Å². The van der Waals surface area contributed by atoms with Gasteiger partial charge in [0.2, 0.25) is 0 Å². The molecule has 0 unspecified atom stereocenters. The molecule has 3 nitrogen and oxygen atoms in total. The maximum Gasteiger partial charge on any atom is 0.307 e. The van der Waals surface area contributed by atoms with E-state index in [1.54, 1.807) is 20.8 Å². The molecule has 0 bridgehead atoms. The molecular weight excluding hydrogens is 312 g/mol. The first-order valence-electron chi connectivity index (χ1n) is 8.81. The first kappa shape index (κ1) is 19.2. The molecule has 2 N–H and O–H groups in total. The highest BCUT2D eigenvalue weighted by Crippen LogP contribution is 2.37. The topological polar surface area (TPSA) is 57.5 Å². The Morgan fingerprint density at radius 1 is 1.20 bits per heavy atom. The number of allylic oxidation sites excluding steroid dienone is 2. The molecule has 0 amide bonds. The summed E-state index contributed by atoms with van der Waals surface area (Å²) >= 11 is 0. The Hall–Kier alpha value is -2.13. The Labute approximate surface area is 150 Å². The summed E-state index contributed by atoms with van der Waals surface area (Å²) in [5.41, 5.74) is 4.04. The zero-order valence-electron chi connectivity index (χ0n) is 15.6. The number of aryl methyl sites for hydroxylation is 1. The number of hydrogen-bond donors (Lipinski definition) is 2. The normalized spacial score (nSPS) is 14.0. The molecule has 0 heterocycles. The number of carbonyl (C=O) groups is 1. The highest BCUT2D eigenvalue weighted by atomic mass is 16.4. The van der Waals surface area contributed by atoms with Crippen molar-refractivity contribution < 1.29 is 15.0 Å². The van der Waals surface area contributed by atoms with E-state index in [9.17, 15) is 9.90 Å². The molecule has 0 saturated heterocycles. The predicted octanol–water partition coefficient (Wildman–Crippen LogP) is 5.12. The van der Waals surface area contributed by atoms with Gasteiger partial charge < -0.3 is 10.2 Å². The van der Waals surface area contributed by atoms with Gasteiger partial charge in [0, 0.05) is 0 Å². The molecule has 0 fully saturated rings. The van der Waals surface area contributed by atoms with E-state index in [1.807, 2.05) is 19.1 Å². The quantitative estimate of drug-likeness (QED) is 0.815. The minimum atomic E-state index is -0.761. The van der Waals surface area contributed by atoms with Crippen LogP contribution in [-0.4, -0.2) is 21.8 Å². The van der Waals surface area contributed by atoms with Crippen LogP contribution in [0.2, 0.25) is 0 Å². The van der Waals surface area contributed by atoms with Crippen LogP contribution in [0.15, 0.2) is 36.4 Å². The number of fused-ring (bicyclic) bond motifs is 1. The lowest BCUT2D eigenvalue weighted by Gasteiger charge is -2.16. The number of carboxylic acid groups (broad SMARTS) is 1. The largest absolute Gasteiger partial charge is 0.481 e. The first-order valence-corrected chi connectivity index (χ1v) is 8.81. The summed E-state index contributed by atoms with van der Waals surface area (Å²) in [5, 5.41) is 20.1. The standard InChI is InChI=1S/C18H18O2.C4H10O/c1-12-10-14-8-4-5-9-15(14)18(13-6-2-3-7-13)16(12)11-17(19)20;1-4(2,3)5/h4-6,8-10H,2-3,7,11H2,1H3,(H,19,20);5H,1-3H3. The zero-order chi connectivity index (χ0) is 18.6. The highest BCUT2D eigenvalue weighted by molar-refractivity contribution is 5.97. The fourth-order valence-electron chi connectivity index (χ4n) is 3.17. The van der Waals surface area contributed by atoms with Crippen LogP contribution >= 0.6 is 0 Å². The third-order valence-corrected chi connectivity index (χ3v) is 4.07. The Morgan fingerprint density at radius 2 is 1.84 bits per heavy atom. The van der Waals surface area contributed by atoms with Crippen LogP contribution in [0.3, 0.4) is 0 Å². The lowest BCUT2D eigenvalue weighted by Crippen LogP contribution is -2.10. The third-order valence-electron chi connectivity index (χ3n) is 4.07. The third kappa shape index (κ3) is 5.43. The number of aliphatic carboxylic acids is 1. The average Bonchev–Trinajstić information content (AvgIpc) is 2.99. The van der Waals surface area contributed by atoms with Crippen molar-refractivity contribution >= 4 is 22.3 Å². The van der Waals surface area contributed by atoms with Crippen LogP contribution in [-0.2, 0) is 11.2 Å². The maximum absolute atomic E-state index is 11.2. The van der Waals surface area contributed by atoms with Crippen molar-refractivity contribution in [2.75, 3.05) is 0 Å². The number of benzene rings is 2. The molecule has 2 aromatic carbocycles. The lowest BCUT2D eigenvalue weighted by atomic mass is 9.88. The molecule has 3 heteroatoms. The van der Waals surface area contributed by atoms with E-state index in [1.165, 1.54) is 28.3 Å². The minimum Gasteiger partial charge on any atom is -0.481 e. The van der Waals surface area contributed by atoms with Gasteiger partial charge in [0.15, 0.2) is 0 Å². The number of rotatable bonds is 3. The molecular formula is C22H28O3. The average molecular weight is 340 g/mol. The van der Waals surface area contributed by atoms with E-state index in [2.05, 4.69) is 24.3 Å². The maximum atomic E-state index is 11.2. The van der Waals surface area contributed by atoms with Crippen molar-refractivity contribution in [3.63, 3.8) is 0 Å². The Bertz CT molecular complexity index is 789. The van der Waals surface area contributed by atoms with Crippen molar-refractivity contribution in [2.24, 2.45) is 0 Å². The molecule has 0 aromatic heterocycles. The molecule has 0 saturated carbocycles. The monoisotopic (exact) mass is 340 g/mol. The lowest BCUT2D eigenvalue weighted by molar-refractivity contribution is -0.136. The summed E-state index contributed by atoms with van der Waals surface area (Å²) in [4.78, 5) is 11.2. The van der Waals surface area contributed by atoms with Crippen molar-refractivity contribution in [2.45, 2.75) is 59.0 Å². The van der Waals surface area contributed by atoms with E-state index in [0.717, 1.165) is 24.0 Å². The van der Waals surface area contributed by atoms with Gasteiger partial charge >= 0.3 is 5.97 Å². The van der Waals surface area contributed by atoms with Crippen LogP contribution in [0.1, 0.15) is 56.7 Å². The van der Waals surface area contributed by atoms with Crippen molar-refractivity contribution in [3.05, 3.63) is 53.1 Å². The second kappa shape index (κ2) is 7.83. The van der Waals surface area contributed by atoms with Crippen molar-refractivity contribution in [1.29, 1.82) is 0 Å². The Morgan fingerprint density at radius 3 is 2.40 bits per heavy atom. The van der Waals surface area contributed by atoms with Gasteiger partial charge in [-0.1, -0.05) is 36.4 Å². The molecule has 2 aromatic rings. The SMILES string of the molecule is CC(C)(C)O.Cc1cc2ccccc2c(C2=CCCC2)c1CC(=O)O. The zero-order valence-corrected chi connectivity index (χ0v) is 15.6. The molecule has 3 rings (SSSR count). The van der Waals surface area contributed by atoms with E-state index in [0.29, 0.717) is 0 Å². The predicted molar refractivity (Wildman–Crippen MR) is 104 cm³/mol. The molecule has 0 aliphatic heterocycles. The summed E-state index contributed by atoms with van der Waals surface area (Å²) < 4.78 is 0. The second-order valence-electron chi connectivity index (χ2n) is 7.63. The Kier molecular flexibility index (Phi) is 6.02. The van der Waals surface area contributed by atoms with Crippen LogP contribution in [0, 0.1) is 6.92 Å². The van der Waals surface area contributed by atoms with Gasteiger partial charge in [-0.2, -0.15) is 0 Å². The van der Waals surface area contributed by atoms with E-state index < -0.39 is 11.6 Å². The number of hydrogen-bond acceptors (Lipinski definition) is 2. The van der Waals surface area contributed by atoms with Gasteiger partial charge in [0.25, 0.3) is 0 Å². The first-order chi connectivity index (χ1) is 11.7. The molecule has 1 aliphatic rings. The number of carboxylic acids is 1. The Balaban J connectivity index is 0.000000399. The fourth-order valence-corrected chi connectivity index (χ4v) is 3.17. The molecule has 0 spiro atoms. The van der Waals surface area contributed by atoms with Crippen LogP contribution in [0.25, 0.3) is 16.3 Å². The minimum absolute atomic E-state index is 0.101. The second-order valence-corrected chi connectivity index (χ2v) is 7.63. The van der Waals surface area contributed by atoms with E-state index >= 15 is 0 Å². The molecule has 1 aliphatic carbocycles. The van der Waals surface area contributed by atoms with E-state index in [4.69, 9.17) is 5.11 Å². The van der Waals surface area contributed by atoms with Gasteiger partial charge in [-0.3, -0.25) is 4.79 Å². The van der Waals surface area contributed by atoms with Crippen molar-refractivity contribution in [3.8, 4) is 0 Å².